The van der Waals surface area contributed by atoms with Gasteiger partial charge >= 0.3 is 0 Å². The second kappa shape index (κ2) is 18.1. The lowest BCUT2D eigenvalue weighted by Gasteiger charge is -2.40. The first-order valence-electron chi connectivity index (χ1n) is 16.4. The van der Waals surface area contributed by atoms with Crippen LogP contribution in [0.4, 0.5) is 11.4 Å². The van der Waals surface area contributed by atoms with Gasteiger partial charge in [-0.15, -0.1) is 10.2 Å². The van der Waals surface area contributed by atoms with Gasteiger partial charge in [0.25, 0.3) is 0 Å². The van der Waals surface area contributed by atoms with E-state index in [-0.39, 0.29) is 41.7 Å². The summed E-state index contributed by atoms with van der Waals surface area (Å²) in [7, 11) is -1.97. The van der Waals surface area contributed by atoms with Crippen molar-refractivity contribution in [2.45, 2.75) is 111 Å². The summed E-state index contributed by atoms with van der Waals surface area (Å²) in [6.07, 6.45) is -0.0305. The van der Waals surface area contributed by atoms with E-state index in [1.165, 1.54) is 13.8 Å². The van der Waals surface area contributed by atoms with E-state index in [0.29, 0.717) is 39.6 Å². The smallest absolute Gasteiger partial charge is 0.226 e. The van der Waals surface area contributed by atoms with Gasteiger partial charge in [0.1, 0.15) is 5.78 Å². The molecule has 0 aliphatic carbocycles. The van der Waals surface area contributed by atoms with E-state index in [0.717, 1.165) is 22.3 Å². The van der Waals surface area contributed by atoms with Gasteiger partial charge in [0.05, 0.1) is 53.8 Å². The third-order valence-electron chi connectivity index (χ3n) is 9.22. The van der Waals surface area contributed by atoms with E-state index in [1.807, 2.05) is 13.0 Å². The zero-order chi connectivity index (χ0) is 38.1. The van der Waals surface area contributed by atoms with E-state index in [1.54, 1.807) is 32.0 Å². The number of nitrogens with one attached hydrogen (secondary N) is 1. The number of rotatable bonds is 12. The monoisotopic (exact) mass is 741 g/mol. The summed E-state index contributed by atoms with van der Waals surface area (Å²) in [6.45, 7) is 35.9. The molecular formula is C37H49Cl2N5O5Si. The molecule has 1 heterocycles. The van der Waals surface area contributed by atoms with Crippen molar-refractivity contribution in [3.05, 3.63) is 91.2 Å². The standard InChI is InChI=1S/C21H30ClN3O2Si.C16H19ClN2O3/c1-13-16(10-11-18(23-7)19(13)22)12-17(20-25-24-15(3)26-20)14(2)27-28(8,9)21(4,5)6;1-9(20)8-19-16(22)13(11(3)21)7-12-5-6-14(18-4)15(17)10(12)2/h10-11,14,17H,12H2,1-6,8-9H3;5-6,11,13,21H,7-8H2,1-3H3,(H,19,22)/t14-,17+;11-,13+/m00/s1. The highest BCUT2D eigenvalue weighted by molar-refractivity contribution is 6.74. The minimum Gasteiger partial charge on any atom is -0.425 e. The van der Waals surface area contributed by atoms with Crippen molar-refractivity contribution in [2.75, 3.05) is 6.54 Å². The maximum Gasteiger partial charge on any atom is 0.226 e. The predicted molar refractivity (Wildman–Crippen MR) is 201 cm³/mol. The summed E-state index contributed by atoms with van der Waals surface area (Å²) < 4.78 is 12.4. The molecule has 0 fully saturated rings. The van der Waals surface area contributed by atoms with Gasteiger partial charge in [-0.3, -0.25) is 9.59 Å². The van der Waals surface area contributed by atoms with Crippen LogP contribution in [-0.4, -0.2) is 54.1 Å². The molecule has 0 aliphatic rings. The SMILES string of the molecule is [C-]#[N+]c1ccc(C[C@@H](C(=O)NCC(C)=O)[C@H](C)O)c(C)c1Cl.[C-]#[N+]c1ccc(C[C@@H](c2nnc(C)o2)[C@H](C)O[Si](C)(C)C(C)(C)C)c(C)c1Cl. The van der Waals surface area contributed by atoms with Crippen LogP contribution in [0.2, 0.25) is 28.2 Å². The van der Waals surface area contributed by atoms with Crippen LogP contribution in [0.15, 0.2) is 28.7 Å². The number of aromatic nitrogens is 2. The van der Waals surface area contributed by atoms with Crippen molar-refractivity contribution < 1.29 is 23.5 Å². The fraction of sp³-hybridized carbons (Fsp3) is 0.514. The Morgan fingerprint density at radius 2 is 1.46 bits per heavy atom. The van der Waals surface area contributed by atoms with Crippen LogP contribution in [0.25, 0.3) is 9.69 Å². The number of aryl methyl sites for hydroxylation is 1. The summed E-state index contributed by atoms with van der Waals surface area (Å²) >= 11 is 12.5. The fourth-order valence-corrected chi connectivity index (χ4v) is 6.88. The number of aliphatic hydroxyl groups is 1. The third-order valence-corrected chi connectivity index (χ3v) is 14.7. The van der Waals surface area contributed by atoms with Crippen molar-refractivity contribution in [3.63, 3.8) is 0 Å². The van der Waals surface area contributed by atoms with E-state index < -0.39 is 20.3 Å². The topological polar surface area (TPSA) is 123 Å². The van der Waals surface area contributed by atoms with Gasteiger partial charge in [-0.1, -0.05) is 68.2 Å². The molecule has 3 aromatic rings. The van der Waals surface area contributed by atoms with Gasteiger partial charge in [-0.25, -0.2) is 9.69 Å². The van der Waals surface area contributed by atoms with Crippen LogP contribution in [0.3, 0.4) is 0 Å². The maximum atomic E-state index is 12.1. The van der Waals surface area contributed by atoms with Crippen molar-refractivity contribution in [2.24, 2.45) is 5.92 Å². The number of hydrogen-bond donors (Lipinski definition) is 2. The highest BCUT2D eigenvalue weighted by Gasteiger charge is 2.41. The average Bonchev–Trinajstić information content (AvgIpc) is 3.46. The quantitative estimate of drug-likeness (QED) is 0.140. The van der Waals surface area contributed by atoms with Crippen LogP contribution < -0.4 is 5.32 Å². The van der Waals surface area contributed by atoms with Crippen LogP contribution in [0.5, 0.6) is 0 Å². The lowest BCUT2D eigenvalue weighted by Crippen LogP contribution is -2.44. The Bertz CT molecular complexity index is 1750. The summed E-state index contributed by atoms with van der Waals surface area (Å²) in [5.74, 6) is -0.198. The van der Waals surface area contributed by atoms with E-state index in [4.69, 9.17) is 45.2 Å². The first-order chi connectivity index (χ1) is 23.1. The molecule has 0 unspecified atom stereocenters. The Balaban J connectivity index is 0.000000358. The normalized spacial score (nSPS) is 13.9. The van der Waals surface area contributed by atoms with E-state index in [9.17, 15) is 14.7 Å². The van der Waals surface area contributed by atoms with E-state index >= 15 is 0 Å². The van der Waals surface area contributed by atoms with Crippen LogP contribution in [0.1, 0.15) is 81.5 Å². The van der Waals surface area contributed by atoms with E-state index in [2.05, 4.69) is 66.0 Å². The number of ketones is 1. The Morgan fingerprint density at radius 1 is 0.960 bits per heavy atom. The first-order valence-corrected chi connectivity index (χ1v) is 20.0. The third kappa shape index (κ3) is 11.2. The number of amides is 1. The lowest BCUT2D eigenvalue weighted by molar-refractivity contribution is -0.130. The van der Waals surface area contributed by atoms with Crippen LogP contribution in [0, 0.1) is 39.8 Å². The number of halogens is 2. The number of hydrogen-bond acceptors (Lipinski definition) is 7. The van der Waals surface area contributed by atoms with Crippen molar-refractivity contribution in [3.8, 4) is 0 Å². The highest BCUT2D eigenvalue weighted by Crippen LogP contribution is 2.40. The maximum absolute atomic E-state index is 12.1. The molecule has 2 aromatic carbocycles. The predicted octanol–water partition coefficient (Wildman–Crippen LogP) is 9.07. The summed E-state index contributed by atoms with van der Waals surface area (Å²) in [4.78, 5) is 29.9. The second-order valence-electron chi connectivity index (χ2n) is 14.1. The summed E-state index contributed by atoms with van der Waals surface area (Å²) in [6, 6.07) is 7.07. The minimum atomic E-state index is -1.97. The molecule has 0 saturated carbocycles. The number of Topliss-reactive ketones (excluding diaryl/α,β-unsaturated/α-hetero) is 1. The zero-order valence-corrected chi connectivity index (χ0v) is 33.4. The number of aliphatic hydroxyl groups excluding tert-OH is 1. The minimum absolute atomic E-state index is 0.0571. The molecular weight excluding hydrogens is 693 g/mol. The summed E-state index contributed by atoms with van der Waals surface area (Å²) in [5, 5.41) is 21.6. The molecule has 2 N–H and O–H groups in total. The van der Waals surface area contributed by atoms with Gasteiger partial charge in [-0.05, 0) is 87.8 Å². The second-order valence-corrected chi connectivity index (χ2v) is 19.6. The average molecular weight is 743 g/mol. The van der Waals surface area contributed by atoms with Crippen molar-refractivity contribution >= 4 is 54.6 Å². The number of nitrogens with zero attached hydrogens (tertiary/aromatic N) is 4. The Kier molecular flexibility index (Phi) is 15.4. The van der Waals surface area contributed by atoms with Crippen LogP contribution in [-0.2, 0) is 26.9 Å². The molecule has 0 spiro atoms. The molecule has 1 amide bonds. The molecule has 10 nitrogen and oxygen atoms in total. The van der Waals surface area contributed by atoms with Gasteiger partial charge in [-0.2, -0.15) is 0 Å². The van der Waals surface area contributed by atoms with Gasteiger partial charge < -0.3 is 19.3 Å². The molecule has 0 radical (unpaired) electrons. The van der Waals surface area contributed by atoms with Crippen molar-refractivity contribution in [1.82, 2.24) is 15.5 Å². The molecule has 50 heavy (non-hydrogen) atoms. The van der Waals surface area contributed by atoms with Gasteiger partial charge in [0, 0.05) is 6.92 Å². The number of carbonyl (C=O) groups excluding carboxylic acids is 2. The van der Waals surface area contributed by atoms with Gasteiger partial charge in [0.15, 0.2) is 8.32 Å². The number of benzene rings is 2. The number of carbonyl (C=O) groups is 2. The fourth-order valence-electron chi connectivity index (χ4n) is 4.97. The molecule has 0 saturated heterocycles. The highest BCUT2D eigenvalue weighted by atomic mass is 35.5. The Morgan fingerprint density at radius 3 is 1.86 bits per heavy atom. The molecule has 270 valence electrons. The molecule has 4 atom stereocenters. The molecule has 0 aliphatic heterocycles. The van der Waals surface area contributed by atoms with Crippen molar-refractivity contribution in [1.29, 1.82) is 0 Å². The molecule has 3 rings (SSSR count). The lowest BCUT2D eigenvalue weighted by atomic mass is 9.91. The van der Waals surface area contributed by atoms with Crippen LogP contribution >= 0.6 is 23.2 Å². The largest absolute Gasteiger partial charge is 0.425 e. The zero-order valence-electron chi connectivity index (χ0n) is 30.9. The summed E-state index contributed by atoms with van der Waals surface area (Å²) in [5.41, 5.74) is 4.32. The molecule has 1 aromatic heterocycles. The molecule has 13 heteroatoms. The van der Waals surface area contributed by atoms with Gasteiger partial charge in [0.2, 0.25) is 29.1 Å². The molecule has 0 bridgehead atoms. The Hall–Kier alpha value is -3.58. The first kappa shape index (κ1) is 42.6. The Labute approximate surface area is 307 Å².